The Morgan fingerprint density at radius 3 is 2.00 bits per heavy atom. The number of hydrogen-bond donors (Lipinski definition) is 1. The largest absolute Gasteiger partial charge is 0.479 e. The molecular weight excluding hydrogens is 258 g/mol. The van der Waals surface area contributed by atoms with Crippen molar-refractivity contribution in [2.24, 2.45) is 0 Å². The lowest BCUT2D eigenvalue weighted by Crippen LogP contribution is -2.51. The number of carboxylic acid groups (broad SMARTS) is 1. The Morgan fingerprint density at radius 1 is 1.10 bits per heavy atom. The van der Waals surface area contributed by atoms with E-state index < -0.39 is 23.2 Å². The van der Waals surface area contributed by atoms with E-state index in [1.165, 1.54) is 14.0 Å². The summed E-state index contributed by atoms with van der Waals surface area (Å²) in [4.78, 5) is 24.9. The number of rotatable bonds is 3. The predicted molar refractivity (Wildman–Crippen MR) is 75.4 cm³/mol. The second kappa shape index (κ2) is 5.53. The highest BCUT2D eigenvalue weighted by atomic mass is 16.6. The minimum absolute atomic E-state index is 0.515. The number of benzene rings is 1. The van der Waals surface area contributed by atoms with E-state index in [1.807, 2.05) is 0 Å². The van der Waals surface area contributed by atoms with Crippen molar-refractivity contribution in [2.45, 2.75) is 38.8 Å². The maximum absolute atomic E-state index is 12.1. The second-order valence-corrected chi connectivity index (χ2v) is 5.78. The summed E-state index contributed by atoms with van der Waals surface area (Å²) < 4.78 is 5.24. The zero-order valence-electron chi connectivity index (χ0n) is 12.5. The molecule has 0 bridgehead atoms. The Bertz CT molecular complexity index is 492. The number of aliphatic carboxylic acids is 1. The highest BCUT2D eigenvalue weighted by Crippen LogP contribution is 2.29. The highest BCUT2D eigenvalue weighted by Gasteiger charge is 2.43. The first kappa shape index (κ1) is 16.0. The van der Waals surface area contributed by atoms with Crippen LogP contribution in [0.1, 0.15) is 33.3 Å². The molecule has 5 heteroatoms. The first-order chi connectivity index (χ1) is 9.09. The van der Waals surface area contributed by atoms with Gasteiger partial charge < -0.3 is 9.84 Å². The summed E-state index contributed by atoms with van der Waals surface area (Å²) >= 11 is 0. The van der Waals surface area contributed by atoms with E-state index in [1.54, 1.807) is 51.1 Å². The van der Waals surface area contributed by atoms with Gasteiger partial charge in [-0.05, 0) is 33.3 Å². The summed E-state index contributed by atoms with van der Waals surface area (Å²) in [5.74, 6) is -1.11. The lowest BCUT2D eigenvalue weighted by Gasteiger charge is -2.36. The average Bonchev–Trinajstić information content (AvgIpc) is 2.35. The molecule has 5 nitrogen and oxygen atoms in total. The van der Waals surface area contributed by atoms with Crippen LogP contribution in [-0.2, 0) is 15.1 Å². The lowest BCUT2D eigenvalue weighted by atomic mass is 9.91. The number of hydrogen-bond acceptors (Lipinski definition) is 3. The second-order valence-electron chi connectivity index (χ2n) is 5.78. The van der Waals surface area contributed by atoms with Crippen molar-refractivity contribution in [1.29, 1.82) is 0 Å². The Morgan fingerprint density at radius 2 is 1.60 bits per heavy atom. The molecule has 0 spiro atoms. The molecule has 0 aliphatic carbocycles. The third-order valence-electron chi connectivity index (χ3n) is 3.09. The van der Waals surface area contributed by atoms with Gasteiger partial charge in [0.15, 0.2) is 5.54 Å². The van der Waals surface area contributed by atoms with Gasteiger partial charge in [-0.15, -0.1) is 0 Å². The van der Waals surface area contributed by atoms with Gasteiger partial charge in [-0.3, -0.25) is 4.90 Å². The third kappa shape index (κ3) is 3.29. The first-order valence-electron chi connectivity index (χ1n) is 6.35. The molecule has 1 atom stereocenters. The maximum Gasteiger partial charge on any atom is 0.411 e. The number of carbonyl (C=O) groups is 2. The first-order valence-corrected chi connectivity index (χ1v) is 6.35. The number of likely N-dealkylation sites (N-methyl/N-ethyl adjacent to an activating group) is 1. The molecule has 1 aromatic rings. The van der Waals surface area contributed by atoms with E-state index in [4.69, 9.17) is 4.74 Å². The quantitative estimate of drug-likeness (QED) is 0.923. The Labute approximate surface area is 119 Å². The average molecular weight is 279 g/mol. The minimum Gasteiger partial charge on any atom is -0.479 e. The van der Waals surface area contributed by atoms with Gasteiger partial charge in [0.1, 0.15) is 5.60 Å². The fourth-order valence-corrected chi connectivity index (χ4v) is 1.74. The lowest BCUT2D eigenvalue weighted by molar-refractivity contribution is -0.150. The van der Waals surface area contributed by atoms with Gasteiger partial charge in [0.2, 0.25) is 0 Å². The van der Waals surface area contributed by atoms with E-state index in [2.05, 4.69) is 0 Å². The van der Waals surface area contributed by atoms with Crippen molar-refractivity contribution >= 4 is 12.1 Å². The van der Waals surface area contributed by atoms with E-state index in [0.717, 1.165) is 4.90 Å². The molecule has 110 valence electrons. The van der Waals surface area contributed by atoms with Crippen LogP contribution < -0.4 is 0 Å². The number of carboxylic acids is 1. The number of nitrogens with zero attached hydrogens (tertiary/aromatic N) is 1. The Balaban J connectivity index is 3.15. The van der Waals surface area contributed by atoms with Crippen molar-refractivity contribution < 1.29 is 19.4 Å². The van der Waals surface area contributed by atoms with Crippen LogP contribution >= 0.6 is 0 Å². The van der Waals surface area contributed by atoms with Crippen molar-refractivity contribution in [3.63, 3.8) is 0 Å². The summed E-state index contributed by atoms with van der Waals surface area (Å²) in [6.07, 6.45) is -0.675. The fourth-order valence-electron chi connectivity index (χ4n) is 1.74. The molecule has 0 radical (unpaired) electrons. The standard InChI is InChI=1S/C15H21NO4/c1-14(2,3)20-13(19)16(5)15(4,12(17)18)11-9-7-6-8-10-11/h6-10H,1-5H3,(H,17,18). The van der Waals surface area contributed by atoms with Crippen LogP contribution in [0, 0.1) is 0 Å². The van der Waals surface area contributed by atoms with Crippen LogP contribution in [0.5, 0.6) is 0 Å². The van der Waals surface area contributed by atoms with Gasteiger partial charge in [0.25, 0.3) is 0 Å². The van der Waals surface area contributed by atoms with E-state index in [-0.39, 0.29) is 0 Å². The summed E-state index contributed by atoms with van der Waals surface area (Å²) in [6.45, 7) is 6.69. The van der Waals surface area contributed by atoms with Crippen molar-refractivity contribution in [2.75, 3.05) is 7.05 Å². The Kier molecular flexibility index (Phi) is 4.43. The predicted octanol–water partition coefficient (Wildman–Crippen LogP) is 2.85. The smallest absolute Gasteiger partial charge is 0.411 e. The van der Waals surface area contributed by atoms with Gasteiger partial charge in [0, 0.05) is 7.05 Å². The topological polar surface area (TPSA) is 66.8 Å². The number of ether oxygens (including phenoxy) is 1. The van der Waals surface area contributed by atoms with Gasteiger partial charge in [-0.25, -0.2) is 9.59 Å². The molecule has 1 unspecified atom stereocenters. The zero-order chi connectivity index (χ0) is 15.6. The van der Waals surface area contributed by atoms with Crippen LogP contribution in [0.4, 0.5) is 4.79 Å². The van der Waals surface area contributed by atoms with Gasteiger partial charge in [-0.1, -0.05) is 30.3 Å². The molecule has 0 aliphatic rings. The summed E-state index contributed by atoms with van der Waals surface area (Å²) in [7, 11) is 1.43. The van der Waals surface area contributed by atoms with Crippen molar-refractivity contribution in [1.82, 2.24) is 4.90 Å². The van der Waals surface area contributed by atoms with Gasteiger partial charge >= 0.3 is 12.1 Å². The highest BCUT2D eigenvalue weighted by molar-refractivity contribution is 5.85. The molecule has 1 rings (SSSR count). The maximum atomic E-state index is 12.1. The van der Waals surface area contributed by atoms with Crippen LogP contribution in [0.3, 0.4) is 0 Å². The van der Waals surface area contributed by atoms with E-state index >= 15 is 0 Å². The van der Waals surface area contributed by atoms with Crippen molar-refractivity contribution in [3.8, 4) is 0 Å². The number of amides is 1. The molecule has 20 heavy (non-hydrogen) atoms. The third-order valence-corrected chi connectivity index (χ3v) is 3.09. The molecule has 1 amide bonds. The summed E-state index contributed by atoms with van der Waals surface area (Å²) in [6, 6.07) is 8.61. The van der Waals surface area contributed by atoms with Crippen molar-refractivity contribution in [3.05, 3.63) is 35.9 Å². The normalized spacial score (nSPS) is 14.2. The minimum atomic E-state index is -1.48. The molecular formula is C15H21NO4. The molecule has 0 fully saturated rings. The zero-order valence-corrected chi connectivity index (χ0v) is 12.5. The fraction of sp³-hybridized carbons (Fsp3) is 0.467. The van der Waals surface area contributed by atoms with E-state index in [0.29, 0.717) is 5.56 Å². The van der Waals surface area contributed by atoms with Crippen LogP contribution in [0.15, 0.2) is 30.3 Å². The Hall–Kier alpha value is -2.04. The molecule has 0 aromatic heterocycles. The van der Waals surface area contributed by atoms with Crippen LogP contribution in [0.25, 0.3) is 0 Å². The molecule has 0 saturated carbocycles. The van der Waals surface area contributed by atoms with Crippen LogP contribution in [-0.4, -0.2) is 34.7 Å². The monoisotopic (exact) mass is 279 g/mol. The molecule has 0 saturated heterocycles. The molecule has 1 aromatic carbocycles. The number of carbonyl (C=O) groups excluding carboxylic acids is 1. The van der Waals surface area contributed by atoms with Crippen LogP contribution in [0.2, 0.25) is 0 Å². The van der Waals surface area contributed by atoms with E-state index in [9.17, 15) is 14.7 Å². The summed E-state index contributed by atoms with van der Waals surface area (Å²) in [5.41, 5.74) is -1.65. The van der Waals surface area contributed by atoms with Gasteiger partial charge in [0.05, 0.1) is 0 Å². The molecule has 0 aliphatic heterocycles. The summed E-state index contributed by atoms with van der Waals surface area (Å²) in [5, 5.41) is 9.55. The molecule has 0 heterocycles. The molecule has 1 N–H and O–H groups in total. The van der Waals surface area contributed by atoms with Gasteiger partial charge in [-0.2, -0.15) is 0 Å². The SMILES string of the molecule is CN(C(=O)OC(C)(C)C)C(C)(C(=O)O)c1ccccc1.